The minimum atomic E-state index is -0.150. The molecule has 2 aromatic carbocycles. The summed E-state index contributed by atoms with van der Waals surface area (Å²) in [5.74, 6) is 1.07. The lowest BCUT2D eigenvalue weighted by molar-refractivity contribution is -0.115. The van der Waals surface area contributed by atoms with Gasteiger partial charge in [0.1, 0.15) is 0 Å². The van der Waals surface area contributed by atoms with Gasteiger partial charge in [-0.1, -0.05) is 17.7 Å². The number of rotatable bonds is 6. The molecule has 0 unspecified atom stereocenters. The van der Waals surface area contributed by atoms with Crippen LogP contribution in [0.15, 0.2) is 36.4 Å². The van der Waals surface area contributed by atoms with Crippen molar-refractivity contribution in [3.05, 3.63) is 47.0 Å². The summed E-state index contributed by atoms with van der Waals surface area (Å²) >= 11 is 6.27. The van der Waals surface area contributed by atoms with E-state index in [-0.39, 0.29) is 12.3 Å². The second-order valence-corrected chi connectivity index (χ2v) is 6.59. The van der Waals surface area contributed by atoms with Gasteiger partial charge in [-0.05, 0) is 35.9 Å². The summed E-state index contributed by atoms with van der Waals surface area (Å²) in [6, 6.07) is 11.1. The fourth-order valence-electron chi connectivity index (χ4n) is 3.00. The number of carbonyl (C=O) groups is 1. The van der Waals surface area contributed by atoms with Crippen molar-refractivity contribution in [2.75, 3.05) is 50.7 Å². The summed E-state index contributed by atoms with van der Waals surface area (Å²) in [7, 11) is 3.15. The highest BCUT2D eigenvalue weighted by Gasteiger charge is 2.14. The number of carbonyl (C=O) groups excluding carboxylic acids is 1. The fraction of sp³-hybridized carbons (Fsp3) is 0.350. The Hall–Kier alpha value is -2.44. The van der Waals surface area contributed by atoms with Crippen LogP contribution in [0.4, 0.5) is 11.4 Å². The zero-order valence-corrected chi connectivity index (χ0v) is 16.2. The maximum absolute atomic E-state index is 12.5. The van der Waals surface area contributed by atoms with E-state index in [0.717, 1.165) is 24.3 Å². The summed E-state index contributed by atoms with van der Waals surface area (Å²) in [6.45, 7) is 3.04. The summed E-state index contributed by atoms with van der Waals surface area (Å²) in [4.78, 5) is 14.7. The molecule has 0 aliphatic carbocycles. The van der Waals surface area contributed by atoms with Crippen LogP contribution in [0, 0.1) is 0 Å². The van der Waals surface area contributed by atoms with Gasteiger partial charge < -0.3 is 24.4 Å². The van der Waals surface area contributed by atoms with E-state index in [1.54, 1.807) is 32.4 Å². The molecule has 144 valence electrons. The smallest absolute Gasteiger partial charge is 0.228 e. The monoisotopic (exact) mass is 390 g/mol. The largest absolute Gasteiger partial charge is 0.493 e. The standard InChI is InChI=1S/C20H23ClN2O4/c1-25-18-6-3-14(11-19(18)26-2)12-20(24)22-17-13-15(4-5-16(17)21)23-7-9-27-10-8-23/h3-6,11,13H,7-10,12H2,1-2H3,(H,22,24). The molecule has 1 saturated heterocycles. The molecule has 0 atom stereocenters. The Labute approximate surface area is 164 Å². The summed E-state index contributed by atoms with van der Waals surface area (Å²) in [6.07, 6.45) is 0.207. The number of hydrogen-bond donors (Lipinski definition) is 1. The molecule has 6 nitrogen and oxygen atoms in total. The van der Waals surface area contributed by atoms with Gasteiger partial charge in [-0.3, -0.25) is 4.79 Å². The molecule has 0 radical (unpaired) electrons. The molecular weight excluding hydrogens is 368 g/mol. The van der Waals surface area contributed by atoms with E-state index < -0.39 is 0 Å². The number of ether oxygens (including phenoxy) is 3. The Bertz CT molecular complexity index is 807. The quantitative estimate of drug-likeness (QED) is 0.819. The number of methoxy groups -OCH3 is 2. The lowest BCUT2D eigenvalue weighted by Gasteiger charge is -2.29. The molecule has 0 spiro atoms. The van der Waals surface area contributed by atoms with Crippen LogP contribution in [0.2, 0.25) is 5.02 Å². The Balaban J connectivity index is 1.70. The normalized spacial score (nSPS) is 14.0. The minimum absolute atomic E-state index is 0.150. The predicted molar refractivity (Wildman–Crippen MR) is 106 cm³/mol. The first-order valence-corrected chi connectivity index (χ1v) is 9.11. The van der Waals surface area contributed by atoms with Crippen molar-refractivity contribution < 1.29 is 19.0 Å². The number of nitrogens with one attached hydrogen (secondary N) is 1. The van der Waals surface area contributed by atoms with Crippen LogP contribution in [0.25, 0.3) is 0 Å². The van der Waals surface area contributed by atoms with Crippen LogP contribution in [0.5, 0.6) is 11.5 Å². The maximum Gasteiger partial charge on any atom is 0.228 e. The number of hydrogen-bond acceptors (Lipinski definition) is 5. The number of amides is 1. The van der Waals surface area contributed by atoms with E-state index in [1.807, 2.05) is 18.2 Å². The second kappa shape index (κ2) is 8.97. The zero-order chi connectivity index (χ0) is 19.2. The maximum atomic E-state index is 12.5. The van der Waals surface area contributed by atoms with Crippen LogP contribution >= 0.6 is 11.6 Å². The van der Waals surface area contributed by atoms with Gasteiger partial charge >= 0.3 is 0 Å². The van der Waals surface area contributed by atoms with Crippen molar-refractivity contribution >= 4 is 28.9 Å². The first-order valence-electron chi connectivity index (χ1n) is 8.73. The van der Waals surface area contributed by atoms with Gasteiger partial charge in [0.15, 0.2) is 11.5 Å². The van der Waals surface area contributed by atoms with E-state index in [1.165, 1.54) is 0 Å². The van der Waals surface area contributed by atoms with Gasteiger partial charge in [-0.2, -0.15) is 0 Å². The van der Waals surface area contributed by atoms with Gasteiger partial charge in [0.2, 0.25) is 5.91 Å². The molecule has 1 N–H and O–H groups in total. The topological polar surface area (TPSA) is 60.0 Å². The van der Waals surface area contributed by atoms with Gasteiger partial charge in [0, 0.05) is 18.8 Å². The lowest BCUT2D eigenvalue weighted by Crippen LogP contribution is -2.36. The molecule has 1 fully saturated rings. The Morgan fingerprint density at radius 2 is 1.85 bits per heavy atom. The van der Waals surface area contributed by atoms with Crippen LogP contribution in [0.1, 0.15) is 5.56 Å². The molecule has 27 heavy (non-hydrogen) atoms. The molecule has 0 saturated carbocycles. The molecule has 7 heteroatoms. The van der Waals surface area contributed by atoms with Gasteiger partial charge in [-0.25, -0.2) is 0 Å². The number of halogens is 1. The van der Waals surface area contributed by atoms with Crippen molar-refractivity contribution in [1.29, 1.82) is 0 Å². The number of anilines is 2. The lowest BCUT2D eigenvalue weighted by atomic mass is 10.1. The highest BCUT2D eigenvalue weighted by atomic mass is 35.5. The molecule has 1 aliphatic rings. The third kappa shape index (κ3) is 4.84. The SMILES string of the molecule is COc1ccc(CC(=O)Nc2cc(N3CCOCC3)ccc2Cl)cc1OC. The summed E-state index contributed by atoms with van der Waals surface area (Å²) < 4.78 is 15.9. The van der Waals surface area contributed by atoms with Crippen molar-refractivity contribution in [2.24, 2.45) is 0 Å². The third-order valence-electron chi connectivity index (χ3n) is 4.41. The summed E-state index contributed by atoms with van der Waals surface area (Å²) in [5, 5.41) is 3.41. The van der Waals surface area contributed by atoms with E-state index in [0.29, 0.717) is 35.4 Å². The Morgan fingerprint density at radius 3 is 2.56 bits per heavy atom. The van der Waals surface area contributed by atoms with E-state index >= 15 is 0 Å². The van der Waals surface area contributed by atoms with Crippen LogP contribution < -0.4 is 19.7 Å². The van der Waals surface area contributed by atoms with Crippen molar-refractivity contribution in [1.82, 2.24) is 0 Å². The second-order valence-electron chi connectivity index (χ2n) is 6.18. The number of nitrogens with zero attached hydrogens (tertiary/aromatic N) is 1. The third-order valence-corrected chi connectivity index (χ3v) is 4.74. The highest BCUT2D eigenvalue weighted by Crippen LogP contribution is 2.30. The van der Waals surface area contributed by atoms with Gasteiger partial charge in [0.05, 0.1) is 44.6 Å². The zero-order valence-electron chi connectivity index (χ0n) is 15.5. The molecule has 1 amide bonds. The van der Waals surface area contributed by atoms with Crippen molar-refractivity contribution in [3.8, 4) is 11.5 Å². The number of benzene rings is 2. The molecule has 0 aromatic heterocycles. The average molecular weight is 391 g/mol. The molecular formula is C20H23ClN2O4. The minimum Gasteiger partial charge on any atom is -0.493 e. The first kappa shape index (κ1) is 19.3. The summed E-state index contributed by atoms with van der Waals surface area (Å²) in [5.41, 5.74) is 2.45. The van der Waals surface area contributed by atoms with Crippen LogP contribution in [-0.2, 0) is 16.0 Å². The molecule has 2 aromatic rings. The Kier molecular flexibility index (Phi) is 6.42. The predicted octanol–water partition coefficient (Wildman–Crippen LogP) is 3.38. The van der Waals surface area contributed by atoms with Crippen LogP contribution in [0.3, 0.4) is 0 Å². The average Bonchev–Trinajstić information content (AvgIpc) is 2.70. The molecule has 3 rings (SSSR count). The fourth-order valence-corrected chi connectivity index (χ4v) is 3.16. The van der Waals surface area contributed by atoms with E-state index in [2.05, 4.69) is 10.2 Å². The van der Waals surface area contributed by atoms with Gasteiger partial charge in [0.25, 0.3) is 0 Å². The first-order chi connectivity index (χ1) is 13.1. The molecule has 0 bridgehead atoms. The van der Waals surface area contributed by atoms with E-state index in [4.69, 9.17) is 25.8 Å². The highest BCUT2D eigenvalue weighted by molar-refractivity contribution is 6.33. The molecule has 1 aliphatic heterocycles. The molecule has 1 heterocycles. The van der Waals surface area contributed by atoms with Crippen molar-refractivity contribution in [2.45, 2.75) is 6.42 Å². The van der Waals surface area contributed by atoms with Gasteiger partial charge in [-0.15, -0.1) is 0 Å². The van der Waals surface area contributed by atoms with Crippen molar-refractivity contribution in [3.63, 3.8) is 0 Å². The van der Waals surface area contributed by atoms with E-state index in [9.17, 15) is 4.79 Å². The Morgan fingerprint density at radius 1 is 1.11 bits per heavy atom. The van der Waals surface area contributed by atoms with Crippen LogP contribution in [-0.4, -0.2) is 46.4 Å². The number of morpholine rings is 1.